The van der Waals surface area contributed by atoms with Gasteiger partial charge in [-0.3, -0.25) is 4.79 Å². The summed E-state index contributed by atoms with van der Waals surface area (Å²) in [6, 6.07) is 15.7. The van der Waals surface area contributed by atoms with Gasteiger partial charge in [-0.1, -0.05) is 6.07 Å². The molecule has 4 rings (SSSR count). The molecule has 0 atom stereocenters. The summed E-state index contributed by atoms with van der Waals surface area (Å²) in [4.78, 5) is 15.0. The minimum Gasteiger partial charge on any atom is -0.493 e. The maximum absolute atomic E-state index is 13.1. The first-order chi connectivity index (χ1) is 13.2. The molecule has 2 aromatic carbocycles. The van der Waals surface area contributed by atoms with E-state index in [1.165, 1.54) is 5.56 Å². The van der Waals surface area contributed by atoms with Crippen LogP contribution in [0.2, 0.25) is 0 Å². The molecule has 27 heavy (non-hydrogen) atoms. The van der Waals surface area contributed by atoms with Gasteiger partial charge in [0.1, 0.15) is 0 Å². The third-order valence-corrected chi connectivity index (χ3v) is 5.00. The zero-order chi connectivity index (χ0) is 18.8. The molecule has 1 amide bonds. The van der Waals surface area contributed by atoms with E-state index in [0.29, 0.717) is 24.4 Å². The highest BCUT2D eigenvalue weighted by Gasteiger charge is 2.24. The highest BCUT2D eigenvalue weighted by molar-refractivity contribution is 5.95. The van der Waals surface area contributed by atoms with Gasteiger partial charge in [-0.2, -0.15) is 0 Å². The molecule has 0 N–H and O–H groups in total. The number of amides is 1. The molecular formula is C22H22N2O3. The molecule has 138 valence electrons. The molecule has 1 aromatic heterocycles. The second-order valence-corrected chi connectivity index (χ2v) is 6.59. The second-order valence-electron chi connectivity index (χ2n) is 6.59. The molecule has 1 aliphatic heterocycles. The fourth-order valence-corrected chi connectivity index (χ4v) is 3.55. The minimum atomic E-state index is 0.0458. The van der Waals surface area contributed by atoms with Gasteiger partial charge in [0.25, 0.3) is 5.91 Å². The van der Waals surface area contributed by atoms with Crippen LogP contribution in [0.15, 0.2) is 60.9 Å². The van der Waals surface area contributed by atoms with Crippen molar-refractivity contribution in [1.82, 2.24) is 9.47 Å². The molecule has 5 heteroatoms. The Morgan fingerprint density at radius 2 is 1.63 bits per heavy atom. The number of methoxy groups -OCH3 is 2. The predicted octanol–water partition coefficient (Wildman–Crippen LogP) is 3.69. The second kappa shape index (κ2) is 7.19. The van der Waals surface area contributed by atoms with E-state index in [1.54, 1.807) is 14.2 Å². The molecule has 1 aliphatic rings. The molecule has 0 unspecified atom stereocenters. The van der Waals surface area contributed by atoms with Crippen LogP contribution in [0.4, 0.5) is 0 Å². The summed E-state index contributed by atoms with van der Waals surface area (Å²) in [5.41, 5.74) is 3.99. The molecule has 0 spiro atoms. The van der Waals surface area contributed by atoms with E-state index >= 15 is 0 Å². The first-order valence-corrected chi connectivity index (χ1v) is 8.96. The molecule has 0 bridgehead atoms. The number of hydrogen-bond donors (Lipinski definition) is 0. The van der Waals surface area contributed by atoms with Crippen molar-refractivity contribution in [2.24, 2.45) is 0 Å². The van der Waals surface area contributed by atoms with E-state index in [2.05, 4.69) is 0 Å². The van der Waals surface area contributed by atoms with Crippen LogP contribution in [-0.4, -0.2) is 36.1 Å². The Morgan fingerprint density at radius 3 is 2.33 bits per heavy atom. The van der Waals surface area contributed by atoms with Crippen LogP contribution in [0.3, 0.4) is 0 Å². The van der Waals surface area contributed by atoms with Crippen LogP contribution >= 0.6 is 0 Å². The van der Waals surface area contributed by atoms with Crippen molar-refractivity contribution in [3.63, 3.8) is 0 Å². The predicted molar refractivity (Wildman–Crippen MR) is 104 cm³/mol. The Kier molecular flexibility index (Phi) is 4.59. The number of fused-ring (bicyclic) bond motifs is 1. The zero-order valence-corrected chi connectivity index (χ0v) is 15.5. The maximum Gasteiger partial charge on any atom is 0.254 e. The van der Waals surface area contributed by atoms with E-state index < -0.39 is 0 Å². The van der Waals surface area contributed by atoms with Crippen molar-refractivity contribution in [2.45, 2.75) is 13.0 Å². The summed E-state index contributed by atoms with van der Waals surface area (Å²) in [5.74, 6) is 1.47. The number of carbonyl (C=O) groups excluding carboxylic acids is 1. The number of rotatable bonds is 4. The van der Waals surface area contributed by atoms with Crippen LogP contribution in [0, 0.1) is 0 Å². The normalized spacial score (nSPS) is 13.2. The maximum atomic E-state index is 13.1. The van der Waals surface area contributed by atoms with Crippen LogP contribution in [0.1, 0.15) is 21.5 Å². The van der Waals surface area contributed by atoms with Crippen LogP contribution in [0.25, 0.3) is 5.69 Å². The van der Waals surface area contributed by atoms with Crippen molar-refractivity contribution in [1.29, 1.82) is 0 Å². The summed E-state index contributed by atoms with van der Waals surface area (Å²) in [6.07, 6.45) is 4.75. The first-order valence-electron chi connectivity index (χ1n) is 8.96. The number of nitrogens with zero attached hydrogens (tertiary/aromatic N) is 2. The molecule has 0 fully saturated rings. The van der Waals surface area contributed by atoms with E-state index in [1.807, 2.05) is 70.4 Å². The topological polar surface area (TPSA) is 43.7 Å². The van der Waals surface area contributed by atoms with Crippen molar-refractivity contribution < 1.29 is 14.3 Å². The van der Waals surface area contributed by atoms with Gasteiger partial charge in [-0.25, -0.2) is 0 Å². The van der Waals surface area contributed by atoms with Gasteiger partial charge in [0, 0.05) is 36.7 Å². The van der Waals surface area contributed by atoms with Gasteiger partial charge >= 0.3 is 0 Å². The van der Waals surface area contributed by atoms with Gasteiger partial charge in [0.05, 0.1) is 14.2 Å². The van der Waals surface area contributed by atoms with Crippen LogP contribution in [0.5, 0.6) is 11.5 Å². The van der Waals surface area contributed by atoms with Gasteiger partial charge in [-0.15, -0.1) is 0 Å². The zero-order valence-electron chi connectivity index (χ0n) is 15.5. The average molecular weight is 362 g/mol. The molecule has 0 radical (unpaired) electrons. The molecule has 0 aliphatic carbocycles. The van der Waals surface area contributed by atoms with E-state index in [-0.39, 0.29) is 5.91 Å². The first kappa shape index (κ1) is 17.2. The van der Waals surface area contributed by atoms with Crippen molar-refractivity contribution >= 4 is 5.91 Å². The van der Waals surface area contributed by atoms with E-state index in [0.717, 1.165) is 23.4 Å². The molecule has 0 saturated carbocycles. The third-order valence-electron chi connectivity index (χ3n) is 5.00. The Bertz CT molecular complexity index is 964. The summed E-state index contributed by atoms with van der Waals surface area (Å²) in [6.45, 7) is 1.26. The average Bonchev–Trinajstić information content (AvgIpc) is 3.26. The molecule has 2 heterocycles. The van der Waals surface area contributed by atoms with Crippen molar-refractivity contribution in [2.75, 3.05) is 20.8 Å². The Morgan fingerprint density at radius 1 is 0.926 bits per heavy atom. The molecule has 0 saturated heterocycles. The quantitative estimate of drug-likeness (QED) is 0.711. The Hall–Kier alpha value is -3.21. The van der Waals surface area contributed by atoms with E-state index in [4.69, 9.17) is 9.47 Å². The summed E-state index contributed by atoms with van der Waals surface area (Å²) >= 11 is 0. The number of carbonyl (C=O) groups is 1. The minimum absolute atomic E-state index is 0.0458. The van der Waals surface area contributed by atoms with Gasteiger partial charge in [-0.05, 0) is 60.0 Å². The van der Waals surface area contributed by atoms with Gasteiger partial charge in [0.2, 0.25) is 0 Å². The van der Waals surface area contributed by atoms with Crippen molar-refractivity contribution in [3.8, 4) is 17.2 Å². The number of benzene rings is 2. The van der Waals surface area contributed by atoms with E-state index in [9.17, 15) is 4.79 Å². The molecule has 3 aromatic rings. The van der Waals surface area contributed by atoms with Crippen molar-refractivity contribution in [3.05, 3.63) is 77.6 Å². The van der Waals surface area contributed by atoms with Crippen LogP contribution < -0.4 is 9.47 Å². The third kappa shape index (κ3) is 3.28. The Labute approximate surface area is 158 Å². The molecular weight excluding hydrogens is 340 g/mol. The lowest BCUT2D eigenvalue weighted by Gasteiger charge is -2.30. The van der Waals surface area contributed by atoms with Gasteiger partial charge < -0.3 is 18.9 Å². The van der Waals surface area contributed by atoms with Gasteiger partial charge in [0.15, 0.2) is 11.5 Å². The smallest absolute Gasteiger partial charge is 0.254 e. The fourth-order valence-electron chi connectivity index (χ4n) is 3.55. The SMILES string of the molecule is COc1cc2c(cc1OC)CN(C(=O)c1cccc(-n3cccc3)c1)CC2. The lowest BCUT2D eigenvalue weighted by molar-refractivity contribution is 0.0734. The van der Waals surface area contributed by atoms with Crippen LogP contribution in [-0.2, 0) is 13.0 Å². The number of aromatic nitrogens is 1. The lowest BCUT2D eigenvalue weighted by Crippen LogP contribution is -2.36. The fraction of sp³-hybridized carbons (Fsp3) is 0.227. The summed E-state index contributed by atoms with van der Waals surface area (Å²) in [7, 11) is 3.27. The monoisotopic (exact) mass is 362 g/mol. The largest absolute Gasteiger partial charge is 0.493 e. The highest BCUT2D eigenvalue weighted by Crippen LogP contribution is 2.33. The Balaban J connectivity index is 1.59. The number of hydrogen-bond acceptors (Lipinski definition) is 3. The molecule has 5 nitrogen and oxygen atoms in total. The lowest BCUT2D eigenvalue weighted by atomic mass is 9.98. The summed E-state index contributed by atoms with van der Waals surface area (Å²) in [5, 5.41) is 0. The number of ether oxygens (including phenoxy) is 2. The summed E-state index contributed by atoms with van der Waals surface area (Å²) < 4.78 is 12.8. The standard InChI is InChI=1S/C22H22N2O3/c1-26-20-13-16-8-11-24(15-18(16)14-21(20)27-2)22(25)17-6-5-7-19(12-17)23-9-3-4-10-23/h3-7,9-10,12-14H,8,11,15H2,1-2H3. The highest BCUT2D eigenvalue weighted by atomic mass is 16.5.